The highest BCUT2D eigenvalue weighted by atomic mass is 32.2. The molecule has 0 radical (unpaired) electrons. The zero-order valence-corrected chi connectivity index (χ0v) is 13.9. The largest absolute Gasteiger partial charge is 0.485 e. The fourth-order valence-corrected chi connectivity index (χ4v) is 3.33. The zero-order valence-electron chi connectivity index (χ0n) is 13.1. The molecule has 0 bridgehead atoms. The van der Waals surface area contributed by atoms with E-state index in [-0.39, 0.29) is 12.8 Å². The van der Waals surface area contributed by atoms with Crippen LogP contribution in [-0.2, 0) is 7.05 Å². The number of thioether (sulfide) groups is 1. The standard InChI is InChI=1S/C16H20FN3O2S/c1-20-15(18-19-16(20)23-10-6-2-5-9-17)14-11-21-12-7-3-4-8-13(12)22-14/h3-4,7-8,14H,2,5-6,9-11H2,1H3. The van der Waals surface area contributed by atoms with Crippen LogP contribution in [0.3, 0.4) is 0 Å². The third kappa shape index (κ3) is 3.77. The van der Waals surface area contributed by atoms with Gasteiger partial charge in [0.25, 0.3) is 0 Å². The van der Waals surface area contributed by atoms with E-state index in [1.807, 2.05) is 35.9 Å². The minimum Gasteiger partial charge on any atom is -0.485 e. The number of hydrogen-bond donors (Lipinski definition) is 0. The molecule has 0 amide bonds. The number of benzene rings is 1. The summed E-state index contributed by atoms with van der Waals surface area (Å²) in [6, 6.07) is 7.61. The van der Waals surface area contributed by atoms with E-state index in [1.54, 1.807) is 11.8 Å². The number of fused-ring (bicyclic) bond motifs is 1. The Labute approximate surface area is 139 Å². The van der Waals surface area contributed by atoms with Crippen molar-refractivity contribution in [3.8, 4) is 11.5 Å². The molecule has 1 aromatic heterocycles. The summed E-state index contributed by atoms with van der Waals surface area (Å²) in [5.41, 5.74) is 0. The van der Waals surface area contributed by atoms with Crippen molar-refractivity contribution < 1.29 is 13.9 Å². The smallest absolute Gasteiger partial charge is 0.192 e. The minimum atomic E-state index is -0.261. The molecule has 2 aromatic rings. The molecule has 3 rings (SSSR count). The van der Waals surface area contributed by atoms with Gasteiger partial charge in [0.05, 0.1) is 6.67 Å². The molecule has 0 fully saturated rings. The maximum atomic E-state index is 12.1. The van der Waals surface area contributed by atoms with Gasteiger partial charge in [0, 0.05) is 12.8 Å². The van der Waals surface area contributed by atoms with Gasteiger partial charge in [0.1, 0.15) is 6.61 Å². The second kappa shape index (κ2) is 7.68. The van der Waals surface area contributed by atoms with Gasteiger partial charge in [-0.25, -0.2) is 0 Å². The lowest BCUT2D eigenvalue weighted by Gasteiger charge is -2.25. The highest BCUT2D eigenvalue weighted by Crippen LogP contribution is 2.35. The van der Waals surface area contributed by atoms with E-state index in [0.717, 1.165) is 41.1 Å². The van der Waals surface area contributed by atoms with Crippen LogP contribution in [0.25, 0.3) is 0 Å². The highest BCUT2D eigenvalue weighted by Gasteiger charge is 2.27. The Bertz CT molecular complexity index is 650. The van der Waals surface area contributed by atoms with Crippen LogP contribution in [0.5, 0.6) is 11.5 Å². The van der Waals surface area contributed by atoms with Crippen LogP contribution in [0, 0.1) is 0 Å². The van der Waals surface area contributed by atoms with E-state index < -0.39 is 0 Å². The number of hydrogen-bond acceptors (Lipinski definition) is 5. The molecule has 0 N–H and O–H groups in total. The Morgan fingerprint density at radius 1 is 1.22 bits per heavy atom. The first kappa shape index (κ1) is 16.1. The topological polar surface area (TPSA) is 49.2 Å². The molecule has 0 saturated carbocycles. The molecule has 0 saturated heterocycles. The summed E-state index contributed by atoms with van der Waals surface area (Å²) in [7, 11) is 1.93. The van der Waals surface area contributed by atoms with Crippen molar-refractivity contribution in [2.24, 2.45) is 7.05 Å². The van der Waals surface area contributed by atoms with Crippen LogP contribution in [0.4, 0.5) is 4.39 Å². The Morgan fingerprint density at radius 3 is 2.87 bits per heavy atom. The summed E-state index contributed by atoms with van der Waals surface area (Å²) in [6.45, 7) is 0.184. The first-order chi connectivity index (χ1) is 11.3. The van der Waals surface area contributed by atoms with Gasteiger partial charge in [-0.15, -0.1) is 10.2 Å². The Balaban J connectivity index is 1.61. The van der Waals surface area contributed by atoms with Crippen molar-refractivity contribution in [3.05, 3.63) is 30.1 Å². The van der Waals surface area contributed by atoms with Gasteiger partial charge in [0.15, 0.2) is 28.6 Å². The van der Waals surface area contributed by atoms with Crippen molar-refractivity contribution in [1.82, 2.24) is 14.8 Å². The van der Waals surface area contributed by atoms with E-state index in [9.17, 15) is 4.39 Å². The summed E-state index contributed by atoms with van der Waals surface area (Å²) < 4.78 is 25.7. The van der Waals surface area contributed by atoms with E-state index in [2.05, 4.69) is 10.2 Å². The fraction of sp³-hybridized carbons (Fsp3) is 0.500. The predicted octanol–water partition coefficient (Wildman–Crippen LogP) is 3.56. The minimum absolute atomic E-state index is 0.237. The molecule has 0 spiro atoms. The number of rotatable bonds is 7. The SMILES string of the molecule is Cn1c(SCCCCCF)nnc1C1COc2ccccc2O1. The maximum absolute atomic E-state index is 12.1. The molecule has 1 aromatic carbocycles. The first-order valence-electron chi connectivity index (χ1n) is 7.76. The lowest BCUT2D eigenvalue weighted by molar-refractivity contribution is 0.0825. The van der Waals surface area contributed by atoms with E-state index in [4.69, 9.17) is 9.47 Å². The molecule has 1 aliphatic rings. The van der Waals surface area contributed by atoms with Crippen molar-refractivity contribution in [2.75, 3.05) is 19.0 Å². The Kier molecular flexibility index (Phi) is 5.38. The number of ether oxygens (including phenoxy) is 2. The third-order valence-electron chi connectivity index (χ3n) is 3.67. The zero-order chi connectivity index (χ0) is 16.1. The summed E-state index contributed by atoms with van der Waals surface area (Å²) in [5.74, 6) is 3.16. The quantitative estimate of drug-likeness (QED) is 0.571. The number of unbranched alkanes of at least 4 members (excludes halogenated alkanes) is 2. The van der Waals surface area contributed by atoms with Crippen molar-refractivity contribution in [2.45, 2.75) is 30.5 Å². The van der Waals surface area contributed by atoms with Gasteiger partial charge in [0.2, 0.25) is 0 Å². The second-order valence-electron chi connectivity index (χ2n) is 5.36. The number of halogens is 1. The number of alkyl halides is 1. The second-order valence-corrected chi connectivity index (χ2v) is 6.42. The lowest BCUT2D eigenvalue weighted by Crippen LogP contribution is -2.24. The number of nitrogens with zero attached hydrogens (tertiary/aromatic N) is 3. The van der Waals surface area contributed by atoms with Gasteiger partial charge in [-0.3, -0.25) is 4.39 Å². The predicted molar refractivity (Wildman–Crippen MR) is 86.9 cm³/mol. The van der Waals surface area contributed by atoms with E-state index >= 15 is 0 Å². The van der Waals surface area contributed by atoms with Crippen LogP contribution < -0.4 is 9.47 Å². The van der Waals surface area contributed by atoms with Gasteiger partial charge in [-0.2, -0.15) is 0 Å². The monoisotopic (exact) mass is 337 g/mol. The summed E-state index contributed by atoms with van der Waals surface area (Å²) in [4.78, 5) is 0. The molecule has 7 heteroatoms. The lowest BCUT2D eigenvalue weighted by atomic mass is 10.2. The van der Waals surface area contributed by atoms with E-state index in [1.165, 1.54) is 0 Å². The Hall–Kier alpha value is -1.76. The molecular weight excluding hydrogens is 317 g/mol. The van der Waals surface area contributed by atoms with Crippen molar-refractivity contribution in [1.29, 1.82) is 0 Å². The van der Waals surface area contributed by atoms with Crippen LogP contribution in [0.2, 0.25) is 0 Å². The first-order valence-corrected chi connectivity index (χ1v) is 8.74. The Morgan fingerprint density at radius 2 is 2.04 bits per heavy atom. The van der Waals surface area contributed by atoms with Gasteiger partial charge < -0.3 is 14.0 Å². The average Bonchev–Trinajstić information content (AvgIpc) is 2.95. The number of aromatic nitrogens is 3. The van der Waals surface area contributed by atoms with Crippen LogP contribution in [0.1, 0.15) is 31.2 Å². The summed E-state index contributed by atoms with van der Waals surface area (Å²) in [6.07, 6.45) is 2.26. The van der Waals surface area contributed by atoms with Crippen LogP contribution >= 0.6 is 11.8 Å². The molecule has 1 unspecified atom stereocenters. The molecule has 0 aliphatic carbocycles. The third-order valence-corrected chi connectivity index (χ3v) is 4.78. The summed E-state index contributed by atoms with van der Waals surface area (Å²) in [5, 5.41) is 9.34. The van der Waals surface area contributed by atoms with Gasteiger partial charge >= 0.3 is 0 Å². The van der Waals surface area contributed by atoms with Crippen LogP contribution in [-0.4, -0.2) is 33.8 Å². The molecule has 2 heterocycles. The number of para-hydroxylation sites is 2. The van der Waals surface area contributed by atoms with Crippen molar-refractivity contribution in [3.63, 3.8) is 0 Å². The average molecular weight is 337 g/mol. The molecule has 1 atom stereocenters. The molecule has 1 aliphatic heterocycles. The van der Waals surface area contributed by atoms with Gasteiger partial charge in [-0.05, 0) is 25.0 Å². The molecule has 23 heavy (non-hydrogen) atoms. The molecule has 124 valence electrons. The molecule has 5 nitrogen and oxygen atoms in total. The fourth-order valence-electron chi connectivity index (χ4n) is 2.42. The van der Waals surface area contributed by atoms with Crippen molar-refractivity contribution >= 4 is 11.8 Å². The normalized spacial score (nSPS) is 16.5. The summed E-state index contributed by atoms with van der Waals surface area (Å²) >= 11 is 1.64. The maximum Gasteiger partial charge on any atom is 0.192 e. The van der Waals surface area contributed by atoms with E-state index in [0.29, 0.717) is 13.0 Å². The van der Waals surface area contributed by atoms with Crippen LogP contribution in [0.15, 0.2) is 29.4 Å². The highest BCUT2D eigenvalue weighted by molar-refractivity contribution is 7.99. The molecular formula is C16H20FN3O2S. The van der Waals surface area contributed by atoms with Gasteiger partial charge in [-0.1, -0.05) is 30.3 Å².